The van der Waals surface area contributed by atoms with Crippen molar-refractivity contribution in [1.82, 2.24) is 4.90 Å². The molecule has 1 aliphatic heterocycles. The summed E-state index contributed by atoms with van der Waals surface area (Å²) in [6.07, 6.45) is 1.35. The van der Waals surface area contributed by atoms with Crippen molar-refractivity contribution in [2.45, 2.75) is 32.8 Å². The summed E-state index contributed by atoms with van der Waals surface area (Å²) in [5.74, 6) is -0.0427. The Morgan fingerprint density at radius 3 is 2.95 bits per heavy atom. The van der Waals surface area contributed by atoms with Gasteiger partial charge in [0.1, 0.15) is 0 Å². The number of rotatable bonds is 4. The molecule has 2 amide bonds. The Bertz CT molecular complexity index is 516. The minimum absolute atomic E-state index is 0.0169. The lowest BCUT2D eigenvalue weighted by Crippen LogP contribution is -2.44. The van der Waals surface area contributed by atoms with E-state index in [0.29, 0.717) is 37.4 Å². The third kappa shape index (κ3) is 4.29. The SMILES string of the molecule is CCCC(=O)Nc1cccc(C(=O)N2CCOC(C)C2)c1. The highest BCUT2D eigenvalue weighted by Gasteiger charge is 2.22. The molecule has 114 valence electrons. The van der Waals surface area contributed by atoms with Gasteiger partial charge in [-0.25, -0.2) is 0 Å². The highest BCUT2D eigenvalue weighted by atomic mass is 16.5. The number of carbonyl (C=O) groups excluding carboxylic acids is 2. The molecule has 0 aromatic heterocycles. The molecule has 0 saturated carbocycles. The van der Waals surface area contributed by atoms with E-state index in [1.807, 2.05) is 13.8 Å². The van der Waals surface area contributed by atoms with Crippen LogP contribution in [0.1, 0.15) is 37.0 Å². The first-order chi connectivity index (χ1) is 10.1. The first kappa shape index (κ1) is 15.5. The predicted molar refractivity (Wildman–Crippen MR) is 81.3 cm³/mol. The molecule has 5 nitrogen and oxygen atoms in total. The summed E-state index contributed by atoms with van der Waals surface area (Å²) in [5, 5.41) is 2.82. The number of morpholine rings is 1. The molecule has 21 heavy (non-hydrogen) atoms. The van der Waals surface area contributed by atoms with E-state index in [4.69, 9.17) is 4.74 Å². The van der Waals surface area contributed by atoms with Gasteiger partial charge in [-0.1, -0.05) is 13.0 Å². The van der Waals surface area contributed by atoms with Gasteiger partial charge in [-0.3, -0.25) is 9.59 Å². The molecule has 0 radical (unpaired) electrons. The Kier molecular flexibility index (Phi) is 5.33. The van der Waals surface area contributed by atoms with Gasteiger partial charge in [-0.15, -0.1) is 0 Å². The number of benzene rings is 1. The lowest BCUT2D eigenvalue weighted by atomic mass is 10.1. The number of hydrogen-bond donors (Lipinski definition) is 1. The smallest absolute Gasteiger partial charge is 0.254 e. The Labute approximate surface area is 125 Å². The number of amides is 2. The van der Waals surface area contributed by atoms with Crippen LogP contribution in [-0.2, 0) is 9.53 Å². The molecule has 0 spiro atoms. The summed E-state index contributed by atoms with van der Waals surface area (Å²) in [7, 11) is 0. The van der Waals surface area contributed by atoms with Gasteiger partial charge < -0.3 is 15.0 Å². The molecule has 0 bridgehead atoms. The van der Waals surface area contributed by atoms with Crippen molar-refractivity contribution in [2.75, 3.05) is 25.0 Å². The third-order valence-corrected chi connectivity index (χ3v) is 3.40. The fraction of sp³-hybridized carbons (Fsp3) is 0.500. The number of nitrogens with one attached hydrogen (secondary N) is 1. The monoisotopic (exact) mass is 290 g/mol. The highest BCUT2D eigenvalue weighted by molar-refractivity contribution is 5.97. The van der Waals surface area contributed by atoms with E-state index in [9.17, 15) is 9.59 Å². The Hall–Kier alpha value is -1.88. The van der Waals surface area contributed by atoms with Gasteiger partial charge in [0.25, 0.3) is 5.91 Å². The van der Waals surface area contributed by atoms with Crippen LogP contribution in [-0.4, -0.2) is 42.5 Å². The fourth-order valence-electron chi connectivity index (χ4n) is 2.37. The van der Waals surface area contributed by atoms with Crippen molar-refractivity contribution in [1.29, 1.82) is 0 Å². The van der Waals surface area contributed by atoms with Crippen LogP contribution in [0.5, 0.6) is 0 Å². The topological polar surface area (TPSA) is 58.6 Å². The zero-order chi connectivity index (χ0) is 15.2. The van der Waals surface area contributed by atoms with Crippen LogP contribution < -0.4 is 5.32 Å². The van der Waals surface area contributed by atoms with Gasteiger partial charge in [0.15, 0.2) is 0 Å². The highest BCUT2D eigenvalue weighted by Crippen LogP contribution is 2.15. The van der Waals surface area contributed by atoms with Crippen LogP contribution in [0.2, 0.25) is 0 Å². The van der Waals surface area contributed by atoms with Crippen molar-refractivity contribution in [3.63, 3.8) is 0 Å². The van der Waals surface area contributed by atoms with Crippen LogP contribution >= 0.6 is 0 Å². The van der Waals surface area contributed by atoms with E-state index in [-0.39, 0.29) is 17.9 Å². The molecule has 5 heteroatoms. The zero-order valence-electron chi connectivity index (χ0n) is 12.6. The van der Waals surface area contributed by atoms with Crippen LogP contribution in [0.25, 0.3) is 0 Å². The van der Waals surface area contributed by atoms with Crippen LogP contribution in [0.4, 0.5) is 5.69 Å². The van der Waals surface area contributed by atoms with E-state index in [0.717, 1.165) is 6.42 Å². The van der Waals surface area contributed by atoms with E-state index < -0.39 is 0 Å². The Balaban J connectivity index is 2.05. The fourth-order valence-corrected chi connectivity index (χ4v) is 2.37. The molecule has 1 fully saturated rings. The second kappa shape index (κ2) is 7.22. The summed E-state index contributed by atoms with van der Waals surface area (Å²) >= 11 is 0. The number of hydrogen-bond acceptors (Lipinski definition) is 3. The van der Waals surface area contributed by atoms with Gasteiger partial charge in [0.2, 0.25) is 5.91 Å². The number of ether oxygens (including phenoxy) is 1. The minimum atomic E-state index is -0.0258. The number of anilines is 1. The molecule has 1 heterocycles. The molecule has 0 aliphatic carbocycles. The first-order valence-electron chi connectivity index (χ1n) is 7.41. The second-order valence-corrected chi connectivity index (χ2v) is 5.31. The largest absolute Gasteiger partial charge is 0.375 e. The lowest BCUT2D eigenvalue weighted by molar-refractivity contribution is -0.116. The number of nitrogens with zero attached hydrogens (tertiary/aromatic N) is 1. The van der Waals surface area contributed by atoms with Crippen molar-refractivity contribution in [2.24, 2.45) is 0 Å². The van der Waals surface area contributed by atoms with E-state index in [1.54, 1.807) is 29.2 Å². The predicted octanol–water partition coefficient (Wildman–Crippen LogP) is 2.29. The maximum atomic E-state index is 12.5. The molecule has 1 atom stereocenters. The molecular weight excluding hydrogens is 268 g/mol. The maximum Gasteiger partial charge on any atom is 0.254 e. The first-order valence-corrected chi connectivity index (χ1v) is 7.41. The Morgan fingerprint density at radius 1 is 1.43 bits per heavy atom. The second-order valence-electron chi connectivity index (χ2n) is 5.31. The van der Waals surface area contributed by atoms with E-state index >= 15 is 0 Å². The van der Waals surface area contributed by atoms with E-state index in [2.05, 4.69) is 5.32 Å². The molecular formula is C16H22N2O3. The molecule has 1 aromatic carbocycles. The van der Waals surface area contributed by atoms with Crippen molar-refractivity contribution < 1.29 is 14.3 Å². The average molecular weight is 290 g/mol. The van der Waals surface area contributed by atoms with Gasteiger partial charge in [-0.2, -0.15) is 0 Å². The normalized spacial score (nSPS) is 18.4. The van der Waals surface area contributed by atoms with Crippen molar-refractivity contribution in [3.8, 4) is 0 Å². The summed E-state index contributed by atoms with van der Waals surface area (Å²) in [4.78, 5) is 25.9. The summed E-state index contributed by atoms with van der Waals surface area (Å²) in [5.41, 5.74) is 1.26. The van der Waals surface area contributed by atoms with Gasteiger partial charge in [0.05, 0.1) is 12.7 Å². The molecule has 1 aromatic rings. The molecule has 1 N–H and O–H groups in total. The van der Waals surface area contributed by atoms with Crippen molar-refractivity contribution >= 4 is 17.5 Å². The Morgan fingerprint density at radius 2 is 2.24 bits per heavy atom. The maximum absolute atomic E-state index is 12.5. The van der Waals surface area contributed by atoms with E-state index in [1.165, 1.54) is 0 Å². The van der Waals surface area contributed by atoms with Crippen LogP contribution in [0.15, 0.2) is 24.3 Å². The third-order valence-electron chi connectivity index (χ3n) is 3.40. The van der Waals surface area contributed by atoms with Crippen LogP contribution in [0.3, 0.4) is 0 Å². The number of carbonyl (C=O) groups is 2. The standard InChI is InChI=1S/C16H22N2O3/c1-3-5-15(19)17-14-7-4-6-13(10-14)16(20)18-8-9-21-12(2)11-18/h4,6-7,10,12H,3,5,8-9,11H2,1-2H3,(H,17,19). The molecule has 1 aliphatic rings. The minimum Gasteiger partial charge on any atom is -0.375 e. The van der Waals surface area contributed by atoms with Gasteiger partial charge in [0, 0.05) is 30.8 Å². The van der Waals surface area contributed by atoms with Crippen molar-refractivity contribution in [3.05, 3.63) is 29.8 Å². The average Bonchev–Trinajstić information content (AvgIpc) is 2.47. The van der Waals surface area contributed by atoms with Gasteiger partial charge >= 0.3 is 0 Å². The molecule has 1 unspecified atom stereocenters. The molecule has 1 saturated heterocycles. The molecule has 2 rings (SSSR count). The summed E-state index contributed by atoms with van der Waals surface area (Å²) in [6, 6.07) is 7.10. The summed E-state index contributed by atoms with van der Waals surface area (Å²) < 4.78 is 5.45. The summed E-state index contributed by atoms with van der Waals surface area (Å²) in [6.45, 7) is 5.70. The van der Waals surface area contributed by atoms with Gasteiger partial charge in [-0.05, 0) is 31.5 Å². The lowest BCUT2D eigenvalue weighted by Gasteiger charge is -2.31. The zero-order valence-corrected chi connectivity index (χ0v) is 12.6. The quantitative estimate of drug-likeness (QED) is 0.925. The van der Waals surface area contributed by atoms with Crippen LogP contribution in [0, 0.1) is 0 Å².